The first-order valence-corrected chi connectivity index (χ1v) is 8.11. The highest BCUT2D eigenvalue weighted by molar-refractivity contribution is 5.93. The number of hydrogen-bond acceptors (Lipinski definition) is 5. The number of hydrogen-bond donors (Lipinski definition) is 2. The first kappa shape index (κ1) is 16.6. The second-order valence-corrected chi connectivity index (χ2v) is 5.66. The SMILES string of the molecule is CCc1ccc(NC(=O)CNc2cccc(-c3nnnn3C)c2)cc1. The fraction of sp³-hybridized carbons (Fsp3) is 0.222. The van der Waals surface area contributed by atoms with E-state index in [1.54, 1.807) is 11.7 Å². The first-order chi connectivity index (χ1) is 12.2. The Morgan fingerprint density at radius 3 is 2.60 bits per heavy atom. The minimum absolute atomic E-state index is 0.102. The lowest BCUT2D eigenvalue weighted by Gasteiger charge is -2.09. The molecule has 1 aromatic heterocycles. The van der Waals surface area contributed by atoms with Crippen molar-refractivity contribution >= 4 is 17.3 Å². The van der Waals surface area contributed by atoms with Crippen molar-refractivity contribution in [2.24, 2.45) is 7.05 Å². The fourth-order valence-corrected chi connectivity index (χ4v) is 2.45. The van der Waals surface area contributed by atoms with Crippen molar-refractivity contribution in [3.63, 3.8) is 0 Å². The van der Waals surface area contributed by atoms with Crippen molar-refractivity contribution in [1.82, 2.24) is 20.2 Å². The Bertz CT molecular complexity index is 856. The van der Waals surface area contributed by atoms with Gasteiger partial charge in [0.2, 0.25) is 5.91 Å². The maximum atomic E-state index is 12.1. The molecule has 2 aromatic carbocycles. The van der Waals surface area contributed by atoms with E-state index in [-0.39, 0.29) is 12.5 Å². The number of aromatic nitrogens is 4. The predicted molar refractivity (Wildman–Crippen MR) is 97.2 cm³/mol. The van der Waals surface area contributed by atoms with Crippen molar-refractivity contribution in [1.29, 1.82) is 0 Å². The topological polar surface area (TPSA) is 84.7 Å². The third-order valence-corrected chi connectivity index (χ3v) is 3.84. The maximum Gasteiger partial charge on any atom is 0.243 e. The molecule has 0 aliphatic heterocycles. The lowest BCUT2D eigenvalue weighted by Crippen LogP contribution is -2.21. The van der Waals surface area contributed by atoms with E-state index in [2.05, 4.69) is 33.1 Å². The number of nitrogens with one attached hydrogen (secondary N) is 2. The van der Waals surface area contributed by atoms with Crippen molar-refractivity contribution in [3.05, 3.63) is 54.1 Å². The van der Waals surface area contributed by atoms with Crippen LogP contribution in [0.3, 0.4) is 0 Å². The molecule has 0 fully saturated rings. The monoisotopic (exact) mass is 336 g/mol. The van der Waals surface area contributed by atoms with Crippen molar-refractivity contribution in [3.8, 4) is 11.4 Å². The van der Waals surface area contributed by atoms with Crippen LogP contribution in [0.1, 0.15) is 12.5 Å². The molecule has 2 N–H and O–H groups in total. The van der Waals surface area contributed by atoms with Crippen LogP contribution in [0, 0.1) is 0 Å². The Balaban J connectivity index is 1.59. The molecule has 1 amide bonds. The highest BCUT2D eigenvalue weighted by atomic mass is 16.1. The van der Waals surface area contributed by atoms with Crippen LogP contribution in [0.5, 0.6) is 0 Å². The van der Waals surface area contributed by atoms with Gasteiger partial charge in [0.05, 0.1) is 6.54 Å². The summed E-state index contributed by atoms with van der Waals surface area (Å²) in [5.74, 6) is 0.569. The van der Waals surface area contributed by atoms with E-state index >= 15 is 0 Å². The molecule has 7 heteroatoms. The fourth-order valence-electron chi connectivity index (χ4n) is 2.45. The van der Waals surface area contributed by atoms with Gasteiger partial charge >= 0.3 is 0 Å². The summed E-state index contributed by atoms with van der Waals surface area (Å²) in [6, 6.07) is 15.5. The molecule has 0 saturated carbocycles. The van der Waals surface area contributed by atoms with Gasteiger partial charge in [-0.05, 0) is 46.7 Å². The van der Waals surface area contributed by atoms with Crippen LogP contribution < -0.4 is 10.6 Å². The summed E-state index contributed by atoms with van der Waals surface area (Å²) in [5.41, 5.74) is 3.75. The Hall–Kier alpha value is -3.22. The van der Waals surface area contributed by atoms with Crippen LogP contribution in [0.25, 0.3) is 11.4 Å². The van der Waals surface area contributed by atoms with Crippen molar-refractivity contribution < 1.29 is 4.79 Å². The number of benzene rings is 2. The average Bonchev–Trinajstić information content (AvgIpc) is 3.07. The summed E-state index contributed by atoms with van der Waals surface area (Å²) in [5, 5.41) is 17.4. The quantitative estimate of drug-likeness (QED) is 0.722. The summed E-state index contributed by atoms with van der Waals surface area (Å²) >= 11 is 0. The molecule has 0 aliphatic carbocycles. The molecule has 3 aromatic rings. The van der Waals surface area contributed by atoms with Crippen LogP contribution in [-0.4, -0.2) is 32.7 Å². The van der Waals surface area contributed by atoms with Gasteiger partial charge in [0.15, 0.2) is 5.82 Å². The molecule has 25 heavy (non-hydrogen) atoms. The number of anilines is 2. The smallest absolute Gasteiger partial charge is 0.243 e. The van der Waals surface area contributed by atoms with Gasteiger partial charge in [0.25, 0.3) is 0 Å². The summed E-state index contributed by atoms with van der Waals surface area (Å²) in [6.07, 6.45) is 0.979. The van der Waals surface area contributed by atoms with Gasteiger partial charge in [-0.25, -0.2) is 4.68 Å². The lowest BCUT2D eigenvalue weighted by atomic mass is 10.1. The van der Waals surface area contributed by atoms with Gasteiger partial charge in [-0.1, -0.05) is 31.2 Å². The molecular formula is C18H20N6O. The number of aryl methyl sites for hydroxylation is 2. The van der Waals surface area contributed by atoms with E-state index in [0.29, 0.717) is 5.82 Å². The lowest BCUT2D eigenvalue weighted by molar-refractivity contribution is -0.114. The van der Waals surface area contributed by atoms with Crippen molar-refractivity contribution in [2.45, 2.75) is 13.3 Å². The number of carbonyl (C=O) groups excluding carboxylic acids is 1. The molecule has 0 bridgehead atoms. The summed E-state index contributed by atoms with van der Waals surface area (Å²) in [7, 11) is 1.78. The third kappa shape index (κ3) is 4.20. The maximum absolute atomic E-state index is 12.1. The Morgan fingerprint density at radius 2 is 1.92 bits per heavy atom. The highest BCUT2D eigenvalue weighted by Crippen LogP contribution is 2.19. The minimum Gasteiger partial charge on any atom is -0.376 e. The Labute approximate surface area is 146 Å². The molecule has 128 valence electrons. The van der Waals surface area contributed by atoms with E-state index in [4.69, 9.17) is 0 Å². The molecule has 0 unspecified atom stereocenters. The van der Waals surface area contributed by atoms with Gasteiger partial charge in [-0.15, -0.1) is 5.10 Å². The van der Waals surface area contributed by atoms with E-state index < -0.39 is 0 Å². The largest absolute Gasteiger partial charge is 0.376 e. The standard InChI is InChI=1S/C18H20N6O/c1-3-13-7-9-15(10-8-13)20-17(25)12-19-16-6-4-5-14(11-16)18-21-22-23-24(18)2/h4-11,19H,3,12H2,1-2H3,(H,20,25). The molecule has 1 heterocycles. The molecule has 0 saturated heterocycles. The van der Waals surface area contributed by atoms with Gasteiger partial charge in [0.1, 0.15) is 0 Å². The highest BCUT2D eigenvalue weighted by Gasteiger charge is 2.07. The molecule has 3 rings (SSSR count). The third-order valence-electron chi connectivity index (χ3n) is 3.84. The van der Waals surface area contributed by atoms with E-state index in [1.165, 1.54) is 5.56 Å². The summed E-state index contributed by atoms with van der Waals surface area (Å²) in [4.78, 5) is 12.1. The number of nitrogens with zero attached hydrogens (tertiary/aromatic N) is 4. The zero-order chi connectivity index (χ0) is 17.6. The minimum atomic E-state index is -0.102. The van der Waals surface area contributed by atoms with Crippen molar-refractivity contribution in [2.75, 3.05) is 17.2 Å². The van der Waals surface area contributed by atoms with Crippen LogP contribution >= 0.6 is 0 Å². The summed E-state index contributed by atoms with van der Waals surface area (Å²) in [6.45, 7) is 2.28. The summed E-state index contributed by atoms with van der Waals surface area (Å²) < 4.78 is 1.60. The van der Waals surface area contributed by atoms with Crippen LogP contribution in [0.15, 0.2) is 48.5 Å². The van der Waals surface area contributed by atoms with Gasteiger partial charge < -0.3 is 10.6 Å². The molecule has 0 atom stereocenters. The molecule has 0 radical (unpaired) electrons. The van der Waals surface area contributed by atoms with Gasteiger partial charge in [0, 0.05) is 24.0 Å². The van der Waals surface area contributed by atoms with Crippen LogP contribution in [0.4, 0.5) is 11.4 Å². The Morgan fingerprint density at radius 1 is 1.12 bits per heavy atom. The normalized spacial score (nSPS) is 10.5. The number of amides is 1. The number of carbonyl (C=O) groups is 1. The first-order valence-electron chi connectivity index (χ1n) is 8.11. The second-order valence-electron chi connectivity index (χ2n) is 5.66. The molecular weight excluding hydrogens is 316 g/mol. The average molecular weight is 336 g/mol. The van der Waals surface area contributed by atoms with E-state index in [1.807, 2.05) is 48.5 Å². The molecule has 0 spiro atoms. The number of rotatable bonds is 6. The van der Waals surface area contributed by atoms with E-state index in [0.717, 1.165) is 23.4 Å². The zero-order valence-electron chi connectivity index (χ0n) is 14.2. The van der Waals surface area contributed by atoms with E-state index in [9.17, 15) is 4.79 Å². The van der Waals surface area contributed by atoms with Gasteiger partial charge in [-0.2, -0.15) is 0 Å². The molecule has 0 aliphatic rings. The zero-order valence-corrected chi connectivity index (χ0v) is 14.2. The second kappa shape index (κ2) is 7.57. The van der Waals surface area contributed by atoms with Crippen LogP contribution in [-0.2, 0) is 18.3 Å². The van der Waals surface area contributed by atoms with Crippen LogP contribution in [0.2, 0.25) is 0 Å². The van der Waals surface area contributed by atoms with Gasteiger partial charge in [-0.3, -0.25) is 4.79 Å². The molecule has 7 nitrogen and oxygen atoms in total. The number of tetrazole rings is 1. The Kier molecular flexibility index (Phi) is 5.03. The predicted octanol–water partition coefficient (Wildman–Crippen LogP) is 2.49.